The number of hydrogen-bond acceptors (Lipinski definition) is 3. The van der Waals surface area contributed by atoms with Crippen LogP contribution < -0.4 is 0 Å². The average molecular weight is 391 g/mol. The fraction of sp³-hybridized carbons (Fsp3) is 0. The lowest BCUT2D eigenvalue weighted by molar-refractivity contribution is 1.41. The fourth-order valence-corrected chi connectivity index (χ4v) is 4.21. The zero-order valence-corrected chi connectivity index (χ0v) is 14.1. The Balaban J connectivity index is 1.99. The van der Waals surface area contributed by atoms with Gasteiger partial charge in [-0.05, 0) is 18.2 Å². The van der Waals surface area contributed by atoms with Gasteiger partial charge in [0.2, 0.25) is 0 Å². The molecule has 0 N–H and O–H groups in total. The third kappa shape index (κ3) is 2.88. The van der Waals surface area contributed by atoms with Crippen LogP contribution in [0.2, 0.25) is 8.67 Å². The quantitative estimate of drug-likeness (QED) is 0.479. The van der Waals surface area contributed by atoms with Crippen LogP contribution in [-0.4, -0.2) is 4.98 Å². The first kappa shape index (κ1) is 13.6. The van der Waals surface area contributed by atoms with Crippen molar-refractivity contribution < 1.29 is 0 Å². The van der Waals surface area contributed by atoms with Crippen molar-refractivity contribution in [2.24, 2.45) is 0 Å². The zero-order valence-electron chi connectivity index (χ0n) is 9.36. The molecule has 0 aliphatic rings. The van der Waals surface area contributed by atoms with Gasteiger partial charge in [0.25, 0.3) is 0 Å². The predicted octanol–water partition coefficient (Wildman–Crippen LogP) is 6.61. The highest BCUT2D eigenvalue weighted by atomic mass is 79.9. The van der Waals surface area contributed by atoms with Gasteiger partial charge in [-0.1, -0.05) is 51.3 Å². The van der Waals surface area contributed by atoms with E-state index in [1.807, 2.05) is 35.7 Å². The Morgan fingerprint density at radius 2 is 1.84 bits per heavy atom. The molecule has 0 aliphatic carbocycles. The number of rotatable bonds is 2. The highest BCUT2D eigenvalue weighted by Gasteiger charge is 2.12. The molecule has 0 saturated carbocycles. The largest absolute Gasteiger partial charge is 0.236 e. The molecule has 96 valence electrons. The van der Waals surface area contributed by atoms with Crippen molar-refractivity contribution in [2.45, 2.75) is 0 Å². The van der Waals surface area contributed by atoms with E-state index in [1.165, 1.54) is 11.3 Å². The molecule has 0 radical (unpaired) electrons. The molecular formula is C13H6BrCl2NS2. The van der Waals surface area contributed by atoms with E-state index in [0.29, 0.717) is 8.67 Å². The Bertz CT molecular complexity index is 719. The van der Waals surface area contributed by atoms with Gasteiger partial charge >= 0.3 is 0 Å². The van der Waals surface area contributed by atoms with Crippen LogP contribution in [0.15, 0.2) is 40.2 Å². The number of thiazole rings is 1. The Morgan fingerprint density at radius 3 is 2.47 bits per heavy atom. The maximum absolute atomic E-state index is 6.15. The fourth-order valence-electron chi connectivity index (χ4n) is 1.64. The molecule has 19 heavy (non-hydrogen) atoms. The summed E-state index contributed by atoms with van der Waals surface area (Å²) in [5, 5.41) is 2.97. The van der Waals surface area contributed by atoms with Gasteiger partial charge in [0, 0.05) is 21.0 Å². The summed E-state index contributed by atoms with van der Waals surface area (Å²) in [6.07, 6.45) is 0. The van der Waals surface area contributed by atoms with E-state index in [1.54, 1.807) is 11.3 Å². The molecule has 1 aromatic carbocycles. The van der Waals surface area contributed by atoms with Crippen LogP contribution in [0.5, 0.6) is 0 Å². The summed E-state index contributed by atoms with van der Waals surface area (Å²) in [5.41, 5.74) is 2.87. The van der Waals surface area contributed by atoms with Crippen molar-refractivity contribution in [3.63, 3.8) is 0 Å². The van der Waals surface area contributed by atoms with Crippen LogP contribution in [0.1, 0.15) is 0 Å². The van der Waals surface area contributed by atoms with Crippen LogP contribution in [-0.2, 0) is 0 Å². The monoisotopic (exact) mass is 389 g/mol. The van der Waals surface area contributed by atoms with Gasteiger partial charge in [0.15, 0.2) is 0 Å². The standard InChI is InChI=1S/C13H6BrCl2NS2/c14-8-3-1-7(2-4-8)13-17-10(6-18-13)9-5-11(15)19-12(9)16/h1-6H. The van der Waals surface area contributed by atoms with Gasteiger partial charge in [-0.25, -0.2) is 4.98 Å². The van der Waals surface area contributed by atoms with Gasteiger partial charge in [0.05, 0.1) is 10.0 Å². The summed E-state index contributed by atoms with van der Waals surface area (Å²) in [5.74, 6) is 0. The number of halogens is 3. The molecule has 0 bridgehead atoms. The van der Waals surface area contributed by atoms with Gasteiger partial charge in [-0.2, -0.15) is 0 Å². The second kappa shape index (κ2) is 5.54. The first-order valence-electron chi connectivity index (χ1n) is 5.30. The molecule has 2 aromatic heterocycles. The first-order chi connectivity index (χ1) is 9.13. The SMILES string of the molecule is Clc1cc(-c2csc(-c3ccc(Br)cc3)n2)c(Cl)s1. The van der Waals surface area contributed by atoms with Gasteiger partial charge < -0.3 is 0 Å². The smallest absolute Gasteiger partial charge is 0.124 e. The lowest BCUT2D eigenvalue weighted by Gasteiger charge is -1.96. The van der Waals surface area contributed by atoms with Crippen molar-refractivity contribution in [1.29, 1.82) is 0 Å². The molecule has 2 heterocycles. The van der Waals surface area contributed by atoms with E-state index in [9.17, 15) is 0 Å². The lowest BCUT2D eigenvalue weighted by atomic mass is 10.2. The number of nitrogens with zero attached hydrogens (tertiary/aromatic N) is 1. The number of thiophene rings is 1. The van der Waals surface area contributed by atoms with Gasteiger partial charge in [-0.15, -0.1) is 22.7 Å². The minimum atomic E-state index is 0.678. The zero-order chi connectivity index (χ0) is 13.4. The van der Waals surface area contributed by atoms with Crippen LogP contribution in [0.3, 0.4) is 0 Å². The normalized spacial score (nSPS) is 10.9. The minimum Gasteiger partial charge on any atom is -0.236 e. The van der Waals surface area contributed by atoms with E-state index in [-0.39, 0.29) is 0 Å². The molecule has 3 rings (SSSR count). The molecular weight excluding hydrogens is 385 g/mol. The summed E-state index contributed by atoms with van der Waals surface area (Å²) in [6, 6.07) is 9.94. The minimum absolute atomic E-state index is 0.678. The molecule has 0 aliphatic heterocycles. The highest BCUT2D eigenvalue weighted by Crippen LogP contribution is 2.39. The van der Waals surface area contributed by atoms with Crippen molar-refractivity contribution in [1.82, 2.24) is 4.98 Å². The van der Waals surface area contributed by atoms with E-state index in [2.05, 4.69) is 20.9 Å². The molecule has 1 nitrogen and oxygen atoms in total. The lowest BCUT2D eigenvalue weighted by Crippen LogP contribution is -1.78. The summed E-state index contributed by atoms with van der Waals surface area (Å²) in [4.78, 5) is 4.62. The molecule has 0 amide bonds. The molecule has 0 saturated heterocycles. The van der Waals surface area contributed by atoms with Crippen molar-refractivity contribution >= 4 is 61.8 Å². The summed E-state index contributed by atoms with van der Waals surface area (Å²) < 4.78 is 2.41. The number of aromatic nitrogens is 1. The van der Waals surface area contributed by atoms with Crippen molar-refractivity contribution in [3.8, 4) is 21.8 Å². The Hall–Kier alpha value is -0.390. The van der Waals surface area contributed by atoms with Crippen LogP contribution in [0.4, 0.5) is 0 Å². The molecule has 6 heteroatoms. The first-order valence-corrected chi connectivity index (χ1v) is 8.54. The van der Waals surface area contributed by atoms with E-state index in [4.69, 9.17) is 23.2 Å². The van der Waals surface area contributed by atoms with Crippen LogP contribution in [0, 0.1) is 0 Å². The second-order valence-corrected chi connectivity index (χ2v) is 7.84. The highest BCUT2D eigenvalue weighted by molar-refractivity contribution is 9.10. The van der Waals surface area contributed by atoms with E-state index < -0.39 is 0 Å². The Labute approximate surface area is 137 Å². The molecule has 0 fully saturated rings. The van der Waals surface area contributed by atoms with Gasteiger partial charge in [0.1, 0.15) is 9.34 Å². The third-order valence-electron chi connectivity index (χ3n) is 2.53. The third-order valence-corrected chi connectivity index (χ3v) is 5.44. The van der Waals surface area contributed by atoms with Gasteiger partial charge in [-0.3, -0.25) is 0 Å². The molecule has 3 aromatic rings. The topological polar surface area (TPSA) is 12.9 Å². The Kier molecular flexibility index (Phi) is 3.96. The molecule has 0 spiro atoms. The van der Waals surface area contributed by atoms with Crippen molar-refractivity contribution in [2.75, 3.05) is 0 Å². The average Bonchev–Trinajstić information content (AvgIpc) is 2.97. The Morgan fingerprint density at radius 1 is 1.11 bits per heavy atom. The van der Waals surface area contributed by atoms with E-state index in [0.717, 1.165) is 26.3 Å². The second-order valence-electron chi connectivity index (χ2n) is 3.78. The number of benzene rings is 1. The van der Waals surface area contributed by atoms with Crippen LogP contribution >= 0.6 is 61.8 Å². The molecule has 0 atom stereocenters. The van der Waals surface area contributed by atoms with Crippen LogP contribution in [0.25, 0.3) is 21.8 Å². The maximum Gasteiger partial charge on any atom is 0.124 e. The molecule has 0 unspecified atom stereocenters. The van der Waals surface area contributed by atoms with E-state index >= 15 is 0 Å². The summed E-state index contributed by atoms with van der Waals surface area (Å²) in [6.45, 7) is 0. The summed E-state index contributed by atoms with van der Waals surface area (Å²) >= 11 is 18.5. The summed E-state index contributed by atoms with van der Waals surface area (Å²) in [7, 11) is 0. The van der Waals surface area contributed by atoms with Crippen molar-refractivity contribution in [3.05, 3.63) is 48.9 Å². The predicted molar refractivity (Wildman–Crippen MR) is 88.6 cm³/mol. The maximum atomic E-state index is 6.15. The number of hydrogen-bond donors (Lipinski definition) is 0.